The molecule has 206 valence electrons. The molecule has 4 aromatic rings. The lowest BCUT2D eigenvalue weighted by molar-refractivity contribution is -0.122. The van der Waals surface area contributed by atoms with Gasteiger partial charge >= 0.3 is 5.97 Å². The summed E-state index contributed by atoms with van der Waals surface area (Å²) in [7, 11) is 0. The van der Waals surface area contributed by atoms with Crippen molar-refractivity contribution in [2.24, 2.45) is 0 Å². The largest absolute Gasteiger partial charge is 0.481 e. The highest BCUT2D eigenvalue weighted by atomic mass is 32.1. The summed E-state index contributed by atoms with van der Waals surface area (Å²) >= 11 is 1.27. The van der Waals surface area contributed by atoms with Crippen molar-refractivity contribution in [1.82, 2.24) is 0 Å². The molecule has 0 unspecified atom stereocenters. The second-order valence-corrected chi connectivity index (χ2v) is 10.4. The van der Waals surface area contributed by atoms with Crippen molar-refractivity contribution in [1.29, 1.82) is 0 Å². The lowest BCUT2D eigenvalue weighted by atomic mass is 10.0. The molecular weight excluding hydrogens is 524 g/mol. The Morgan fingerprint density at radius 3 is 2.23 bits per heavy atom. The van der Waals surface area contributed by atoms with Crippen LogP contribution in [0, 0.1) is 20.8 Å². The molecule has 0 aliphatic heterocycles. The molecule has 8 heteroatoms. The van der Waals surface area contributed by atoms with Crippen LogP contribution in [0.4, 0.5) is 10.7 Å². The number of benzene rings is 3. The molecule has 40 heavy (non-hydrogen) atoms. The van der Waals surface area contributed by atoms with E-state index < -0.39 is 12.1 Å². The Morgan fingerprint density at radius 1 is 0.875 bits per heavy atom. The van der Waals surface area contributed by atoms with Crippen LogP contribution in [0.5, 0.6) is 5.75 Å². The third-order valence-corrected chi connectivity index (χ3v) is 7.21. The molecule has 0 saturated heterocycles. The van der Waals surface area contributed by atoms with Gasteiger partial charge in [0.05, 0.1) is 6.61 Å². The quantitative estimate of drug-likeness (QED) is 0.213. The maximum atomic E-state index is 13.1. The van der Waals surface area contributed by atoms with Gasteiger partial charge in [0.2, 0.25) is 0 Å². The van der Waals surface area contributed by atoms with Crippen molar-refractivity contribution in [3.05, 3.63) is 99.9 Å². The Morgan fingerprint density at radius 2 is 1.55 bits per heavy atom. The third kappa shape index (κ3) is 6.76. The van der Waals surface area contributed by atoms with Gasteiger partial charge in [0.1, 0.15) is 16.3 Å². The SMILES string of the molecule is CCOC(=O)c1c(-c2ccc(C)cc2)csc1NC(=O)c1ccc(O[C@@H](C)C(=O)Nc2cc(C)ccc2C)cc1. The summed E-state index contributed by atoms with van der Waals surface area (Å²) in [5.41, 5.74) is 6.13. The Bertz CT molecular complexity index is 1520. The molecule has 0 bridgehead atoms. The summed E-state index contributed by atoms with van der Waals surface area (Å²) in [5.74, 6) is -0.698. The molecule has 0 fully saturated rings. The van der Waals surface area contributed by atoms with Gasteiger partial charge in [0, 0.05) is 22.2 Å². The van der Waals surface area contributed by atoms with Crippen molar-refractivity contribution in [3.63, 3.8) is 0 Å². The fourth-order valence-electron chi connectivity index (χ4n) is 4.02. The fraction of sp³-hybridized carbons (Fsp3) is 0.219. The maximum absolute atomic E-state index is 13.1. The number of carbonyl (C=O) groups is 3. The van der Waals surface area contributed by atoms with Crippen LogP contribution in [-0.2, 0) is 9.53 Å². The van der Waals surface area contributed by atoms with E-state index in [0.717, 1.165) is 27.9 Å². The lowest BCUT2D eigenvalue weighted by Crippen LogP contribution is -2.30. The van der Waals surface area contributed by atoms with Crippen LogP contribution in [0.2, 0.25) is 0 Å². The Hall–Kier alpha value is -4.43. The predicted molar refractivity (Wildman–Crippen MR) is 159 cm³/mol. The summed E-state index contributed by atoms with van der Waals surface area (Å²) in [5, 5.41) is 8.01. The van der Waals surface area contributed by atoms with Crippen molar-refractivity contribution < 1.29 is 23.9 Å². The monoisotopic (exact) mass is 556 g/mol. The van der Waals surface area contributed by atoms with Crippen LogP contribution in [0.25, 0.3) is 11.1 Å². The highest BCUT2D eigenvalue weighted by Crippen LogP contribution is 2.36. The minimum absolute atomic E-state index is 0.220. The number of amides is 2. The van der Waals surface area contributed by atoms with Gasteiger partial charge in [-0.25, -0.2) is 4.79 Å². The van der Waals surface area contributed by atoms with E-state index in [1.165, 1.54) is 11.3 Å². The van der Waals surface area contributed by atoms with E-state index in [0.29, 0.717) is 27.4 Å². The van der Waals surface area contributed by atoms with E-state index in [1.807, 2.05) is 68.6 Å². The Kier molecular flexibility index (Phi) is 9.01. The zero-order valence-electron chi connectivity index (χ0n) is 23.2. The second-order valence-electron chi connectivity index (χ2n) is 9.49. The Labute approximate surface area is 238 Å². The lowest BCUT2D eigenvalue weighted by Gasteiger charge is -2.16. The molecular formula is C32H32N2O5S. The minimum atomic E-state index is -0.752. The fourth-order valence-corrected chi connectivity index (χ4v) is 4.98. The summed E-state index contributed by atoms with van der Waals surface area (Å²) in [6, 6.07) is 20.2. The van der Waals surface area contributed by atoms with Crippen LogP contribution >= 0.6 is 11.3 Å². The first-order valence-electron chi connectivity index (χ1n) is 13.0. The van der Waals surface area contributed by atoms with E-state index in [9.17, 15) is 14.4 Å². The average molecular weight is 557 g/mol. The summed E-state index contributed by atoms with van der Waals surface area (Å²) < 4.78 is 11.1. The summed E-state index contributed by atoms with van der Waals surface area (Å²) in [4.78, 5) is 38.6. The molecule has 0 aliphatic rings. The molecule has 3 aromatic carbocycles. The number of aryl methyl sites for hydroxylation is 3. The molecule has 2 amide bonds. The van der Waals surface area contributed by atoms with Crippen LogP contribution in [-0.4, -0.2) is 30.5 Å². The Balaban J connectivity index is 1.45. The van der Waals surface area contributed by atoms with E-state index in [1.54, 1.807) is 38.1 Å². The number of carbonyl (C=O) groups excluding carboxylic acids is 3. The first-order valence-corrected chi connectivity index (χ1v) is 13.9. The van der Waals surface area contributed by atoms with Crippen molar-refractivity contribution in [2.45, 2.75) is 40.7 Å². The molecule has 1 atom stereocenters. The number of hydrogen-bond donors (Lipinski definition) is 2. The van der Waals surface area contributed by atoms with Crippen molar-refractivity contribution >= 4 is 39.8 Å². The highest BCUT2D eigenvalue weighted by molar-refractivity contribution is 7.15. The smallest absolute Gasteiger partial charge is 0.341 e. The van der Waals surface area contributed by atoms with Gasteiger partial charge in [0.25, 0.3) is 11.8 Å². The molecule has 2 N–H and O–H groups in total. The highest BCUT2D eigenvalue weighted by Gasteiger charge is 2.23. The van der Waals surface area contributed by atoms with Gasteiger partial charge in [-0.15, -0.1) is 11.3 Å². The topological polar surface area (TPSA) is 93.7 Å². The van der Waals surface area contributed by atoms with Crippen molar-refractivity contribution in [3.8, 4) is 16.9 Å². The first-order chi connectivity index (χ1) is 19.2. The third-order valence-electron chi connectivity index (χ3n) is 6.31. The zero-order valence-corrected chi connectivity index (χ0v) is 24.0. The molecule has 7 nitrogen and oxygen atoms in total. The normalized spacial score (nSPS) is 11.4. The molecule has 0 aliphatic carbocycles. The van der Waals surface area contributed by atoms with Gasteiger partial charge in [-0.2, -0.15) is 0 Å². The van der Waals surface area contributed by atoms with Gasteiger partial charge in [-0.1, -0.05) is 42.0 Å². The molecule has 1 heterocycles. The first kappa shape index (κ1) is 28.6. The number of ether oxygens (including phenoxy) is 2. The molecule has 0 spiro atoms. The maximum Gasteiger partial charge on any atom is 0.341 e. The predicted octanol–water partition coefficient (Wildman–Crippen LogP) is 7.18. The number of rotatable bonds is 9. The van der Waals surface area contributed by atoms with E-state index in [2.05, 4.69) is 10.6 Å². The zero-order chi connectivity index (χ0) is 28.8. The summed E-state index contributed by atoms with van der Waals surface area (Å²) in [6.45, 7) is 9.52. The second kappa shape index (κ2) is 12.6. The molecule has 0 radical (unpaired) electrons. The van der Waals surface area contributed by atoms with Crippen LogP contribution in [0.1, 0.15) is 51.3 Å². The number of anilines is 2. The standard InChI is InChI=1S/C32H32N2O5S/c1-6-38-32(37)28-26(23-11-8-19(2)9-12-23)18-40-31(28)34-30(36)24-13-15-25(16-14-24)39-22(5)29(35)33-27-17-20(3)7-10-21(27)4/h7-18,22H,6H2,1-5H3,(H,33,35)(H,34,36)/t22-/m0/s1. The van der Waals surface area contributed by atoms with Gasteiger partial charge in [0.15, 0.2) is 6.10 Å². The van der Waals surface area contributed by atoms with E-state index >= 15 is 0 Å². The van der Waals surface area contributed by atoms with E-state index in [4.69, 9.17) is 9.47 Å². The number of esters is 1. The summed E-state index contributed by atoms with van der Waals surface area (Å²) in [6.07, 6.45) is -0.752. The van der Waals surface area contributed by atoms with Gasteiger partial charge in [-0.05, 0) is 81.6 Å². The van der Waals surface area contributed by atoms with Crippen LogP contribution < -0.4 is 15.4 Å². The van der Waals surface area contributed by atoms with Crippen LogP contribution in [0.15, 0.2) is 72.1 Å². The molecule has 4 rings (SSSR count). The van der Waals surface area contributed by atoms with E-state index in [-0.39, 0.29) is 18.4 Å². The average Bonchev–Trinajstić information content (AvgIpc) is 3.35. The van der Waals surface area contributed by atoms with Crippen LogP contribution in [0.3, 0.4) is 0 Å². The minimum Gasteiger partial charge on any atom is -0.481 e. The van der Waals surface area contributed by atoms with Gasteiger partial charge < -0.3 is 20.1 Å². The number of nitrogens with one attached hydrogen (secondary N) is 2. The number of thiophene rings is 1. The van der Waals surface area contributed by atoms with Gasteiger partial charge in [-0.3, -0.25) is 9.59 Å². The molecule has 0 saturated carbocycles. The van der Waals surface area contributed by atoms with Crippen molar-refractivity contribution in [2.75, 3.05) is 17.2 Å². The number of hydrogen-bond acceptors (Lipinski definition) is 6. The molecule has 1 aromatic heterocycles.